The zero-order chi connectivity index (χ0) is 16.2. The zero-order valence-corrected chi connectivity index (χ0v) is 14.2. The lowest BCUT2D eigenvalue weighted by molar-refractivity contribution is 0.102. The minimum atomic E-state index is -0.421. The number of benzene rings is 2. The molecule has 0 saturated heterocycles. The Bertz CT molecular complexity index is 853. The monoisotopic (exact) mass is 391 g/mol. The van der Waals surface area contributed by atoms with Gasteiger partial charge in [0.15, 0.2) is 11.6 Å². The Morgan fingerprint density at radius 3 is 2.83 bits per heavy atom. The van der Waals surface area contributed by atoms with Crippen LogP contribution in [0.15, 0.2) is 58.2 Å². The molecule has 0 aliphatic heterocycles. The molecule has 1 N–H and O–H groups in total. The first-order valence-corrected chi connectivity index (χ1v) is 8.50. The van der Waals surface area contributed by atoms with Crippen LogP contribution in [0.25, 0.3) is 11.4 Å². The Morgan fingerprint density at radius 1 is 1.22 bits per heavy atom. The smallest absolute Gasteiger partial charge is 0.209 e. The number of nitrogens with one attached hydrogen (secondary N) is 1. The third-order valence-corrected chi connectivity index (χ3v) is 4.61. The Balaban J connectivity index is 1.68. The van der Waals surface area contributed by atoms with Crippen molar-refractivity contribution in [3.8, 4) is 11.4 Å². The van der Waals surface area contributed by atoms with E-state index < -0.39 is 5.82 Å². The van der Waals surface area contributed by atoms with Gasteiger partial charge in [-0.2, -0.15) is 0 Å². The molecule has 0 unspecified atom stereocenters. The van der Waals surface area contributed by atoms with Crippen molar-refractivity contribution in [1.29, 1.82) is 0 Å². The van der Waals surface area contributed by atoms with E-state index in [2.05, 4.69) is 31.1 Å². The number of aromatic nitrogens is 3. The molecular weight excluding hydrogens is 381 g/mol. The molecule has 0 aliphatic rings. The average molecular weight is 392 g/mol. The first-order valence-electron chi connectivity index (χ1n) is 6.72. The summed E-state index contributed by atoms with van der Waals surface area (Å²) in [5, 5.41) is 7.42. The van der Waals surface area contributed by atoms with Gasteiger partial charge in [-0.25, -0.2) is 9.37 Å². The maximum Gasteiger partial charge on any atom is 0.209 e. The van der Waals surface area contributed by atoms with Gasteiger partial charge in [-0.3, -0.25) is 9.89 Å². The number of Topliss-reactive ketones (excluding diaryl/α,β-unsaturated/α-hetero) is 1. The number of H-pyrrole nitrogens is 1. The predicted molar refractivity (Wildman–Crippen MR) is 91.0 cm³/mol. The molecule has 1 heterocycles. The highest BCUT2D eigenvalue weighted by molar-refractivity contribution is 9.10. The van der Waals surface area contributed by atoms with Crippen LogP contribution in [0.2, 0.25) is 0 Å². The highest BCUT2D eigenvalue weighted by atomic mass is 79.9. The van der Waals surface area contributed by atoms with E-state index in [1.165, 1.54) is 30.0 Å². The molecule has 0 amide bonds. The van der Waals surface area contributed by atoms with Crippen LogP contribution >= 0.6 is 27.7 Å². The van der Waals surface area contributed by atoms with Crippen LogP contribution < -0.4 is 0 Å². The zero-order valence-electron chi connectivity index (χ0n) is 11.8. The van der Waals surface area contributed by atoms with E-state index in [0.717, 1.165) is 10.0 Å². The molecule has 2 aromatic carbocycles. The molecular formula is C16H11BrFN3OS. The molecule has 0 saturated carbocycles. The van der Waals surface area contributed by atoms with E-state index in [4.69, 9.17) is 0 Å². The molecule has 23 heavy (non-hydrogen) atoms. The number of carbonyl (C=O) groups is 1. The van der Waals surface area contributed by atoms with Gasteiger partial charge in [0.05, 0.1) is 5.75 Å². The predicted octanol–water partition coefficient (Wildman–Crippen LogP) is 4.35. The number of ketones is 1. The van der Waals surface area contributed by atoms with E-state index >= 15 is 0 Å². The largest absolute Gasteiger partial charge is 0.293 e. The molecule has 0 atom stereocenters. The molecule has 0 fully saturated rings. The Hall–Kier alpha value is -1.99. The van der Waals surface area contributed by atoms with Crippen LogP contribution in [-0.2, 0) is 0 Å². The number of carbonyl (C=O) groups excluding carboxylic acids is 1. The second kappa shape index (κ2) is 7.06. The van der Waals surface area contributed by atoms with Crippen molar-refractivity contribution in [2.24, 2.45) is 0 Å². The first kappa shape index (κ1) is 15.9. The number of nitrogens with zero attached hydrogens (tertiary/aromatic N) is 2. The lowest BCUT2D eigenvalue weighted by Gasteiger charge is -1.99. The first-order chi connectivity index (χ1) is 11.1. The van der Waals surface area contributed by atoms with Crippen molar-refractivity contribution in [2.45, 2.75) is 5.16 Å². The summed E-state index contributed by atoms with van der Waals surface area (Å²) in [5.41, 5.74) is 1.24. The van der Waals surface area contributed by atoms with Gasteiger partial charge in [-0.05, 0) is 18.2 Å². The van der Waals surface area contributed by atoms with E-state index in [1.807, 2.05) is 24.3 Å². The van der Waals surface area contributed by atoms with Gasteiger partial charge in [-0.15, -0.1) is 5.10 Å². The van der Waals surface area contributed by atoms with Crippen molar-refractivity contribution < 1.29 is 9.18 Å². The summed E-state index contributed by atoms with van der Waals surface area (Å²) >= 11 is 4.67. The van der Waals surface area contributed by atoms with Crippen molar-refractivity contribution in [3.63, 3.8) is 0 Å². The molecule has 0 bridgehead atoms. The SMILES string of the molecule is O=C(CSc1n[nH]c(-c2ccccc2Br)n1)c1cccc(F)c1. The second-order valence-electron chi connectivity index (χ2n) is 4.67. The summed E-state index contributed by atoms with van der Waals surface area (Å²) in [5.74, 6) is 0.186. The number of hydrogen-bond donors (Lipinski definition) is 1. The Kier molecular flexibility index (Phi) is 4.88. The highest BCUT2D eigenvalue weighted by Crippen LogP contribution is 2.26. The summed E-state index contributed by atoms with van der Waals surface area (Å²) in [6, 6.07) is 13.3. The fourth-order valence-electron chi connectivity index (χ4n) is 1.96. The minimum absolute atomic E-state index is 0.150. The number of rotatable bonds is 5. The van der Waals surface area contributed by atoms with Crippen LogP contribution in [0.4, 0.5) is 4.39 Å². The molecule has 4 nitrogen and oxygen atoms in total. The molecule has 0 aliphatic carbocycles. The maximum atomic E-state index is 13.1. The van der Waals surface area contributed by atoms with Gasteiger partial charge in [0.2, 0.25) is 5.16 Å². The second-order valence-corrected chi connectivity index (χ2v) is 6.47. The van der Waals surface area contributed by atoms with Crippen LogP contribution in [-0.4, -0.2) is 26.7 Å². The quantitative estimate of drug-likeness (QED) is 0.518. The van der Waals surface area contributed by atoms with Crippen molar-refractivity contribution in [1.82, 2.24) is 15.2 Å². The van der Waals surface area contributed by atoms with Gasteiger partial charge >= 0.3 is 0 Å². The molecule has 0 spiro atoms. The molecule has 116 valence electrons. The molecule has 3 rings (SSSR count). The summed E-state index contributed by atoms with van der Waals surface area (Å²) in [6.45, 7) is 0. The number of aromatic amines is 1. The lowest BCUT2D eigenvalue weighted by Crippen LogP contribution is -2.02. The average Bonchev–Trinajstić information content (AvgIpc) is 3.02. The summed E-state index contributed by atoms with van der Waals surface area (Å²) in [7, 11) is 0. The van der Waals surface area contributed by atoms with Crippen LogP contribution in [0.5, 0.6) is 0 Å². The molecule has 0 radical (unpaired) electrons. The van der Waals surface area contributed by atoms with E-state index in [9.17, 15) is 9.18 Å². The third-order valence-electron chi connectivity index (χ3n) is 3.07. The van der Waals surface area contributed by atoms with E-state index in [-0.39, 0.29) is 11.5 Å². The van der Waals surface area contributed by atoms with Crippen molar-refractivity contribution in [2.75, 3.05) is 5.75 Å². The van der Waals surface area contributed by atoms with Gasteiger partial charge in [0, 0.05) is 15.6 Å². The maximum absolute atomic E-state index is 13.1. The topological polar surface area (TPSA) is 58.6 Å². The van der Waals surface area contributed by atoms with E-state index in [0.29, 0.717) is 16.5 Å². The minimum Gasteiger partial charge on any atom is -0.293 e. The van der Waals surface area contributed by atoms with Crippen molar-refractivity contribution >= 4 is 33.5 Å². The summed E-state index contributed by atoms with van der Waals surface area (Å²) in [6.07, 6.45) is 0. The fourth-order valence-corrected chi connectivity index (χ4v) is 3.13. The molecule has 1 aromatic heterocycles. The fraction of sp³-hybridized carbons (Fsp3) is 0.0625. The lowest BCUT2D eigenvalue weighted by atomic mass is 10.1. The number of thioether (sulfide) groups is 1. The Morgan fingerprint density at radius 2 is 2.04 bits per heavy atom. The third kappa shape index (κ3) is 3.86. The van der Waals surface area contributed by atoms with Crippen molar-refractivity contribution in [3.05, 3.63) is 64.4 Å². The normalized spacial score (nSPS) is 10.7. The summed E-state index contributed by atoms with van der Waals surface area (Å²) < 4.78 is 14.0. The standard InChI is InChI=1S/C16H11BrFN3OS/c17-13-7-2-1-6-12(13)15-19-16(21-20-15)23-9-14(22)10-4-3-5-11(18)8-10/h1-8H,9H2,(H,19,20,21). The number of hydrogen-bond acceptors (Lipinski definition) is 4. The summed E-state index contributed by atoms with van der Waals surface area (Å²) in [4.78, 5) is 16.4. The molecule has 3 aromatic rings. The van der Waals surface area contributed by atoms with Crippen LogP contribution in [0.3, 0.4) is 0 Å². The molecule has 7 heteroatoms. The van der Waals surface area contributed by atoms with Gasteiger partial charge in [-0.1, -0.05) is 58.0 Å². The highest BCUT2D eigenvalue weighted by Gasteiger charge is 2.12. The van der Waals surface area contributed by atoms with Gasteiger partial charge < -0.3 is 0 Å². The van der Waals surface area contributed by atoms with Crippen LogP contribution in [0, 0.1) is 5.82 Å². The van der Waals surface area contributed by atoms with Gasteiger partial charge in [0.25, 0.3) is 0 Å². The van der Waals surface area contributed by atoms with Crippen LogP contribution in [0.1, 0.15) is 10.4 Å². The number of halogens is 2. The Labute approximate surface area is 144 Å². The van der Waals surface area contributed by atoms with Gasteiger partial charge in [0.1, 0.15) is 5.82 Å². The van der Waals surface area contributed by atoms with E-state index in [1.54, 1.807) is 6.07 Å².